The Morgan fingerprint density at radius 1 is 1.32 bits per heavy atom. The van der Waals surface area contributed by atoms with E-state index in [-0.39, 0.29) is 23.8 Å². The zero-order chi connectivity index (χ0) is 18.4. The Bertz CT molecular complexity index is 782. The van der Waals surface area contributed by atoms with E-state index in [1.807, 2.05) is 29.2 Å². The minimum absolute atomic E-state index is 0.102. The summed E-state index contributed by atoms with van der Waals surface area (Å²) in [7, 11) is 3.23. The van der Waals surface area contributed by atoms with Crippen molar-refractivity contribution in [2.75, 3.05) is 26.0 Å². The standard InChI is InChI=1S/C17H18BrN3O4/c1-20(10-12-5-3-4-6-14(12)18)11-17(22)19-15-8-7-13(25-2)9-16(15)21(23)24/h3-9H,10-11H2,1-2H3,(H,19,22). The first-order chi connectivity index (χ1) is 11.9. The van der Waals surface area contributed by atoms with E-state index in [4.69, 9.17) is 4.74 Å². The molecule has 0 saturated carbocycles. The molecule has 7 nitrogen and oxygen atoms in total. The maximum atomic E-state index is 12.2. The number of methoxy groups -OCH3 is 1. The molecule has 2 aromatic rings. The summed E-state index contributed by atoms with van der Waals surface area (Å²) in [6.07, 6.45) is 0. The van der Waals surface area contributed by atoms with Gasteiger partial charge in [-0.15, -0.1) is 0 Å². The van der Waals surface area contributed by atoms with Crippen LogP contribution in [0.1, 0.15) is 5.56 Å². The Hall–Kier alpha value is -2.45. The number of halogens is 1. The summed E-state index contributed by atoms with van der Waals surface area (Å²) in [6, 6.07) is 12.0. The zero-order valence-electron chi connectivity index (χ0n) is 13.9. The fraction of sp³-hybridized carbons (Fsp3) is 0.235. The summed E-state index contributed by atoms with van der Waals surface area (Å²) < 4.78 is 5.94. The van der Waals surface area contributed by atoms with E-state index in [1.54, 1.807) is 13.1 Å². The van der Waals surface area contributed by atoms with Gasteiger partial charge in [-0.05, 0) is 30.8 Å². The van der Waals surface area contributed by atoms with Crippen LogP contribution in [-0.4, -0.2) is 36.4 Å². The van der Waals surface area contributed by atoms with Gasteiger partial charge in [-0.25, -0.2) is 0 Å². The van der Waals surface area contributed by atoms with Crippen molar-refractivity contribution < 1.29 is 14.5 Å². The number of amides is 1. The van der Waals surface area contributed by atoms with Gasteiger partial charge in [0, 0.05) is 11.0 Å². The number of nitro groups is 1. The number of nitrogens with one attached hydrogen (secondary N) is 1. The molecule has 0 saturated heterocycles. The van der Waals surface area contributed by atoms with Gasteiger partial charge in [0.2, 0.25) is 5.91 Å². The number of hydrogen-bond donors (Lipinski definition) is 1. The molecule has 0 fully saturated rings. The van der Waals surface area contributed by atoms with Gasteiger partial charge in [0.05, 0.1) is 24.6 Å². The van der Waals surface area contributed by atoms with E-state index in [2.05, 4.69) is 21.2 Å². The number of hydrogen-bond acceptors (Lipinski definition) is 5. The van der Waals surface area contributed by atoms with Crippen molar-refractivity contribution in [1.29, 1.82) is 0 Å². The van der Waals surface area contributed by atoms with Gasteiger partial charge in [-0.2, -0.15) is 0 Å². The van der Waals surface area contributed by atoms with Crippen molar-refractivity contribution in [2.24, 2.45) is 0 Å². The molecule has 0 radical (unpaired) electrons. The van der Waals surface area contributed by atoms with Crippen molar-refractivity contribution in [1.82, 2.24) is 4.90 Å². The largest absolute Gasteiger partial charge is 0.496 e. The SMILES string of the molecule is COc1ccc(NC(=O)CN(C)Cc2ccccc2Br)c([N+](=O)[O-])c1. The molecule has 0 unspecified atom stereocenters. The topological polar surface area (TPSA) is 84.7 Å². The first-order valence-corrected chi connectivity index (χ1v) is 8.24. The first-order valence-electron chi connectivity index (χ1n) is 7.45. The highest BCUT2D eigenvalue weighted by Gasteiger charge is 2.18. The third-order valence-corrected chi connectivity index (χ3v) is 4.26. The van der Waals surface area contributed by atoms with Crippen LogP contribution in [0.2, 0.25) is 0 Å². The van der Waals surface area contributed by atoms with E-state index in [1.165, 1.54) is 19.2 Å². The average molecular weight is 408 g/mol. The van der Waals surface area contributed by atoms with Gasteiger partial charge in [0.15, 0.2) is 0 Å². The van der Waals surface area contributed by atoms with E-state index in [0.29, 0.717) is 12.3 Å². The first kappa shape index (κ1) is 18.9. The predicted molar refractivity (Wildman–Crippen MR) is 98.8 cm³/mol. The lowest BCUT2D eigenvalue weighted by Crippen LogP contribution is -2.30. The quantitative estimate of drug-likeness (QED) is 0.561. The number of carbonyl (C=O) groups excluding carboxylic acids is 1. The Labute approximate surface area is 153 Å². The normalized spacial score (nSPS) is 10.6. The number of benzene rings is 2. The highest BCUT2D eigenvalue weighted by atomic mass is 79.9. The van der Waals surface area contributed by atoms with E-state index in [9.17, 15) is 14.9 Å². The molecular formula is C17H18BrN3O4. The van der Waals surface area contributed by atoms with Crippen LogP contribution in [-0.2, 0) is 11.3 Å². The lowest BCUT2D eigenvalue weighted by Gasteiger charge is -2.17. The summed E-state index contributed by atoms with van der Waals surface area (Å²) in [5.41, 5.74) is 0.986. The summed E-state index contributed by atoms with van der Waals surface area (Å²) in [5, 5.41) is 13.7. The number of rotatable bonds is 7. The van der Waals surface area contributed by atoms with Gasteiger partial charge in [0.25, 0.3) is 5.69 Å². The maximum Gasteiger partial charge on any atom is 0.296 e. The molecule has 0 bridgehead atoms. The van der Waals surface area contributed by atoms with Gasteiger partial charge < -0.3 is 10.1 Å². The second-order valence-electron chi connectivity index (χ2n) is 5.45. The molecule has 0 spiro atoms. The Morgan fingerprint density at radius 2 is 2.04 bits per heavy atom. The molecular weight excluding hydrogens is 390 g/mol. The zero-order valence-corrected chi connectivity index (χ0v) is 15.4. The lowest BCUT2D eigenvalue weighted by molar-refractivity contribution is -0.384. The van der Waals surface area contributed by atoms with Crippen LogP contribution >= 0.6 is 15.9 Å². The van der Waals surface area contributed by atoms with Crippen LogP contribution in [0.4, 0.5) is 11.4 Å². The Balaban J connectivity index is 2.02. The summed E-state index contributed by atoms with van der Waals surface area (Å²) in [5.74, 6) is 0.0264. The van der Waals surface area contributed by atoms with Crippen molar-refractivity contribution in [3.05, 3.63) is 62.6 Å². The smallest absolute Gasteiger partial charge is 0.296 e. The van der Waals surface area contributed by atoms with Crippen LogP contribution < -0.4 is 10.1 Å². The predicted octanol–water partition coefficient (Wildman–Crippen LogP) is 3.44. The van der Waals surface area contributed by atoms with E-state index in [0.717, 1.165) is 10.0 Å². The molecule has 0 aliphatic carbocycles. The monoisotopic (exact) mass is 407 g/mol. The number of nitrogens with zero attached hydrogens (tertiary/aromatic N) is 2. The highest BCUT2D eigenvalue weighted by molar-refractivity contribution is 9.10. The van der Waals surface area contributed by atoms with Crippen molar-refractivity contribution in [3.63, 3.8) is 0 Å². The maximum absolute atomic E-state index is 12.2. The number of likely N-dealkylation sites (N-methyl/N-ethyl adjacent to an activating group) is 1. The van der Waals surface area contributed by atoms with Gasteiger partial charge in [-0.3, -0.25) is 19.8 Å². The molecule has 8 heteroatoms. The molecule has 0 heterocycles. The van der Waals surface area contributed by atoms with E-state index >= 15 is 0 Å². The van der Waals surface area contributed by atoms with Crippen molar-refractivity contribution in [2.45, 2.75) is 6.54 Å². The van der Waals surface area contributed by atoms with Crippen LogP contribution in [0.3, 0.4) is 0 Å². The van der Waals surface area contributed by atoms with Gasteiger partial charge in [-0.1, -0.05) is 34.1 Å². The van der Waals surface area contributed by atoms with E-state index < -0.39 is 4.92 Å². The summed E-state index contributed by atoms with van der Waals surface area (Å²) >= 11 is 3.47. The molecule has 0 aromatic heterocycles. The number of nitro benzene ring substituents is 1. The van der Waals surface area contributed by atoms with Crippen molar-refractivity contribution in [3.8, 4) is 5.75 Å². The second kappa shape index (κ2) is 8.59. The molecule has 1 N–H and O–H groups in total. The summed E-state index contributed by atoms with van der Waals surface area (Å²) in [6.45, 7) is 0.671. The minimum Gasteiger partial charge on any atom is -0.496 e. The minimum atomic E-state index is -0.553. The lowest BCUT2D eigenvalue weighted by atomic mass is 10.2. The third kappa shape index (κ3) is 5.27. The van der Waals surface area contributed by atoms with Crippen LogP contribution in [0, 0.1) is 10.1 Å². The fourth-order valence-electron chi connectivity index (χ4n) is 2.30. The second-order valence-corrected chi connectivity index (χ2v) is 6.31. The van der Waals surface area contributed by atoms with Crippen LogP contribution in [0.15, 0.2) is 46.9 Å². The molecule has 132 valence electrons. The summed E-state index contributed by atoms with van der Waals surface area (Å²) in [4.78, 5) is 24.6. The fourth-order valence-corrected chi connectivity index (χ4v) is 2.71. The molecule has 25 heavy (non-hydrogen) atoms. The molecule has 0 aliphatic heterocycles. The number of ether oxygens (including phenoxy) is 1. The Kier molecular flexibility index (Phi) is 6.49. The van der Waals surface area contributed by atoms with Crippen molar-refractivity contribution >= 4 is 33.2 Å². The van der Waals surface area contributed by atoms with Gasteiger partial charge in [0.1, 0.15) is 11.4 Å². The van der Waals surface area contributed by atoms with Crippen LogP contribution in [0.25, 0.3) is 0 Å². The van der Waals surface area contributed by atoms with Crippen LogP contribution in [0.5, 0.6) is 5.75 Å². The third-order valence-electron chi connectivity index (χ3n) is 3.49. The molecule has 1 amide bonds. The van der Waals surface area contributed by atoms with Gasteiger partial charge >= 0.3 is 0 Å². The molecule has 2 aromatic carbocycles. The average Bonchev–Trinajstić information content (AvgIpc) is 2.57. The number of carbonyl (C=O) groups is 1. The Morgan fingerprint density at radius 3 is 2.68 bits per heavy atom. The number of anilines is 1. The molecule has 0 atom stereocenters. The highest BCUT2D eigenvalue weighted by Crippen LogP contribution is 2.28. The molecule has 0 aliphatic rings. The molecule has 2 rings (SSSR count).